The molecule has 0 radical (unpaired) electrons. The first kappa shape index (κ1) is 11.7. The van der Waals surface area contributed by atoms with Gasteiger partial charge in [0.25, 0.3) is 0 Å². The van der Waals surface area contributed by atoms with Gasteiger partial charge in [0.1, 0.15) is 0 Å². The van der Waals surface area contributed by atoms with Crippen LogP contribution in [0, 0.1) is 5.92 Å². The van der Waals surface area contributed by atoms with E-state index in [-0.39, 0.29) is 0 Å². The van der Waals surface area contributed by atoms with Crippen molar-refractivity contribution in [2.45, 2.75) is 32.1 Å². The maximum Gasteiger partial charge on any atom is 0.407 e. The lowest BCUT2D eigenvalue weighted by Crippen LogP contribution is -2.49. The zero-order chi connectivity index (χ0) is 11.4. The van der Waals surface area contributed by atoms with Gasteiger partial charge in [0.15, 0.2) is 0 Å². The Morgan fingerprint density at radius 2 is 1.69 bits per heavy atom. The Bertz CT molecular complexity index is 231. The molecule has 1 saturated heterocycles. The average Bonchev–Trinajstić information content (AvgIpc) is 2.31. The fourth-order valence-corrected chi connectivity index (χ4v) is 2.86. The van der Waals surface area contributed by atoms with Crippen LogP contribution in [-0.4, -0.2) is 53.7 Å². The molecule has 16 heavy (non-hydrogen) atoms. The van der Waals surface area contributed by atoms with E-state index in [4.69, 9.17) is 5.11 Å². The molecule has 1 heterocycles. The molecule has 92 valence electrons. The zero-order valence-electron chi connectivity index (χ0n) is 9.90. The van der Waals surface area contributed by atoms with Crippen molar-refractivity contribution in [1.29, 1.82) is 0 Å². The second-order valence-corrected chi connectivity index (χ2v) is 5.07. The van der Waals surface area contributed by atoms with Gasteiger partial charge in [-0.1, -0.05) is 19.3 Å². The molecule has 0 spiro atoms. The first-order chi connectivity index (χ1) is 7.75. The van der Waals surface area contributed by atoms with Gasteiger partial charge in [-0.25, -0.2) is 4.79 Å². The van der Waals surface area contributed by atoms with Crippen molar-refractivity contribution in [3.63, 3.8) is 0 Å². The Balaban J connectivity index is 1.70. The predicted octanol–water partition coefficient (Wildman–Crippen LogP) is 1.86. The smallest absolute Gasteiger partial charge is 0.407 e. The topological polar surface area (TPSA) is 43.8 Å². The maximum atomic E-state index is 10.8. The molecule has 2 rings (SSSR count). The molecule has 1 N–H and O–H groups in total. The van der Waals surface area contributed by atoms with Crippen LogP contribution in [0.25, 0.3) is 0 Å². The minimum absolute atomic E-state index is 0.683. The summed E-state index contributed by atoms with van der Waals surface area (Å²) in [6.45, 7) is 4.39. The summed E-state index contributed by atoms with van der Waals surface area (Å²) in [6.07, 6.45) is 6.17. The number of amides is 1. The summed E-state index contributed by atoms with van der Waals surface area (Å²) in [5.41, 5.74) is 0. The van der Waals surface area contributed by atoms with E-state index >= 15 is 0 Å². The van der Waals surface area contributed by atoms with Gasteiger partial charge in [0.05, 0.1) is 0 Å². The van der Waals surface area contributed by atoms with E-state index in [9.17, 15) is 4.79 Å². The molecule has 0 bridgehead atoms. The molecule has 2 aliphatic rings. The van der Waals surface area contributed by atoms with E-state index in [0.29, 0.717) is 13.1 Å². The van der Waals surface area contributed by atoms with Crippen molar-refractivity contribution >= 4 is 6.09 Å². The number of hydrogen-bond donors (Lipinski definition) is 1. The molecule has 0 aromatic rings. The number of carboxylic acid groups (broad SMARTS) is 1. The largest absolute Gasteiger partial charge is 0.465 e. The molecule has 0 unspecified atom stereocenters. The van der Waals surface area contributed by atoms with E-state index in [0.717, 1.165) is 19.0 Å². The van der Waals surface area contributed by atoms with Crippen molar-refractivity contribution in [1.82, 2.24) is 9.80 Å². The lowest BCUT2D eigenvalue weighted by atomic mass is 9.89. The summed E-state index contributed by atoms with van der Waals surface area (Å²) in [4.78, 5) is 14.7. The summed E-state index contributed by atoms with van der Waals surface area (Å²) in [5, 5.41) is 8.85. The van der Waals surface area contributed by atoms with E-state index in [1.54, 1.807) is 0 Å². The van der Waals surface area contributed by atoms with Crippen molar-refractivity contribution in [2.75, 3.05) is 32.7 Å². The molecular weight excluding hydrogens is 204 g/mol. The molecule has 0 aromatic heterocycles. The lowest BCUT2D eigenvalue weighted by Gasteiger charge is -2.36. The van der Waals surface area contributed by atoms with Crippen molar-refractivity contribution in [2.24, 2.45) is 5.92 Å². The van der Waals surface area contributed by atoms with Gasteiger partial charge in [-0.3, -0.25) is 4.90 Å². The van der Waals surface area contributed by atoms with Gasteiger partial charge >= 0.3 is 6.09 Å². The molecule has 2 fully saturated rings. The van der Waals surface area contributed by atoms with Crippen LogP contribution >= 0.6 is 0 Å². The van der Waals surface area contributed by atoms with E-state index in [1.807, 2.05) is 0 Å². The van der Waals surface area contributed by atoms with Crippen LogP contribution in [0.2, 0.25) is 0 Å². The molecule has 1 aliphatic heterocycles. The van der Waals surface area contributed by atoms with Crippen LogP contribution in [0.1, 0.15) is 32.1 Å². The fourth-order valence-electron chi connectivity index (χ4n) is 2.86. The highest BCUT2D eigenvalue weighted by Gasteiger charge is 2.23. The second-order valence-electron chi connectivity index (χ2n) is 5.07. The van der Waals surface area contributed by atoms with Gasteiger partial charge in [-0.15, -0.1) is 0 Å². The Kier molecular flexibility index (Phi) is 4.04. The standard InChI is InChI=1S/C12H22N2O2/c15-12(16)14-8-6-13(7-9-14)10-11-4-2-1-3-5-11/h11H,1-10H2,(H,15,16). The third-order valence-corrected chi connectivity index (χ3v) is 3.88. The highest BCUT2D eigenvalue weighted by molar-refractivity contribution is 5.65. The van der Waals surface area contributed by atoms with Crippen molar-refractivity contribution in [3.8, 4) is 0 Å². The summed E-state index contributed by atoms with van der Waals surface area (Å²) < 4.78 is 0. The Morgan fingerprint density at radius 1 is 1.06 bits per heavy atom. The third kappa shape index (κ3) is 3.11. The normalized spacial score (nSPS) is 24.6. The first-order valence-electron chi connectivity index (χ1n) is 6.46. The Labute approximate surface area is 97.2 Å². The molecule has 1 amide bonds. The van der Waals surface area contributed by atoms with Gasteiger partial charge in [-0.05, 0) is 18.8 Å². The summed E-state index contributed by atoms with van der Waals surface area (Å²) in [7, 11) is 0. The van der Waals surface area contributed by atoms with Crippen LogP contribution in [-0.2, 0) is 0 Å². The lowest BCUT2D eigenvalue weighted by molar-refractivity contribution is 0.0942. The van der Waals surface area contributed by atoms with Crippen molar-refractivity contribution in [3.05, 3.63) is 0 Å². The van der Waals surface area contributed by atoms with Gasteiger partial charge in [0, 0.05) is 32.7 Å². The number of rotatable bonds is 2. The molecule has 0 atom stereocenters. The van der Waals surface area contributed by atoms with E-state index < -0.39 is 6.09 Å². The highest BCUT2D eigenvalue weighted by Crippen LogP contribution is 2.24. The predicted molar refractivity (Wildman–Crippen MR) is 62.6 cm³/mol. The van der Waals surface area contributed by atoms with Gasteiger partial charge < -0.3 is 10.0 Å². The number of nitrogens with zero attached hydrogens (tertiary/aromatic N) is 2. The average molecular weight is 226 g/mol. The molecule has 4 nitrogen and oxygen atoms in total. The van der Waals surface area contributed by atoms with E-state index in [2.05, 4.69) is 4.90 Å². The Hall–Kier alpha value is -0.770. The zero-order valence-corrected chi connectivity index (χ0v) is 9.90. The van der Waals surface area contributed by atoms with Gasteiger partial charge in [-0.2, -0.15) is 0 Å². The van der Waals surface area contributed by atoms with Crippen LogP contribution < -0.4 is 0 Å². The van der Waals surface area contributed by atoms with E-state index in [1.165, 1.54) is 43.5 Å². The maximum absolute atomic E-state index is 10.8. The SMILES string of the molecule is O=C(O)N1CCN(CC2CCCCC2)CC1. The van der Waals surface area contributed by atoms with Crippen LogP contribution in [0.4, 0.5) is 4.79 Å². The van der Waals surface area contributed by atoms with Crippen LogP contribution in [0.5, 0.6) is 0 Å². The fraction of sp³-hybridized carbons (Fsp3) is 0.917. The second kappa shape index (κ2) is 5.53. The Morgan fingerprint density at radius 3 is 2.25 bits per heavy atom. The number of hydrogen-bond acceptors (Lipinski definition) is 2. The monoisotopic (exact) mass is 226 g/mol. The third-order valence-electron chi connectivity index (χ3n) is 3.88. The highest BCUT2D eigenvalue weighted by atomic mass is 16.4. The summed E-state index contributed by atoms with van der Waals surface area (Å²) in [6, 6.07) is 0. The molecule has 1 aliphatic carbocycles. The summed E-state index contributed by atoms with van der Waals surface area (Å²) in [5.74, 6) is 0.866. The molecule has 1 saturated carbocycles. The number of carbonyl (C=O) groups is 1. The van der Waals surface area contributed by atoms with Crippen molar-refractivity contribution < 1.29 is 9.90 Å². The summed E-state index contributed by atoms with van der Waals surface area (Å²) >= 11 is 0. The molecule has 4 heteroatoms. The van der Waals surface area contributed by atoms with Crippen LogP contribution in [0.15, 0.2) is 0 Å². The minimum Gasteiger partial charge on any atom is -0.465 e. The minimum atomic E-state index is -0.766. The van der Waals surface area contributed by atoms with Gasteiger partial charge in [0.2, 0.25) is 0 Å². The molecule has 0 aromatic carbocycles. The van der Waals surface area contributed by atoms with Crippen LogP contribution in [0.3, 0.4) is 0 Å². The first-order valence-corrected chi connectivity index (χ1v) is 6.46. The quantitative estimate of drug-likeness (QED) is 0.781. The molecular formula is C12H22N2O2. The number of piperazine rings is 1.